The van der Waals surface area contributed by atoms with E-state index < -0.39 is 0 Å². The minimum Gasteiger partial charge on any atom is -0.493 e. The number of amides is 1. The molecule has 1 aromatic heterocycles. The van der Waals surface area contributed by atoms with Crippen LogP contribution in [-0.2, 0) is 6.54 Å². The first-order valence-electron chi connectivity index (χ1n) is 13.1. The summed E-state index contributed by atoms with van der Waals surface area (Å²) in [5, 5.41) is 1.02. The number of ether oxygens (including phenoxy) is 1. The highest BCUT2D eigenvalue weighted by atomic mass is 16.5. The van der Waals surface area contributed by atoms with E-state index in [1.54, 1.807) is 6.20 Å². The molecule has 0 bridgehead atoms. The smallest absolute Gasteiger partial charge is 0.255 e. The monoisotopic (exact) mass is 471 g/mol. The van der Waals surface area contributed by atoms with Crippen LogP contribution in [-0.4, -0.2) is 53.5 Å². The van der Waals surface area contributed by atoms with E-state index >= 15 is 0 Å². The number of piperidine rings is 2. The highest BCUT2D eigenvalue weighted by Crippen LogP contribution is 2.42. The average molecular weight is 472 g/mol. The summed E-state index contributed by atoms with van der Waals surface area (Å²) >= 11 is 0. The molecule has 0 atom stereocenters. The van der Waals surface area contributed by atoms with E-state index in [0.29, 0.717) is 16.9 Å². The summed E-state index contributed by atoms with van der Waals surface area (Å²) < 4.78 is 6.08. The predicted molar refractivity (Wildman–Crippen MR) is 141 cm³/mol. The first kappa shape index (κ1) is 23.8. The van der Waals surface area contributed by atoms with Gasteiger partial charge in [0.15, 0.2) is 0 Å². The van der Waals surface area contributed by atoms with Crippen LogP contribution in [0.3, 0.4) is 0 Å². The maximum absolute atomic E-state index is 13.2. The van der Waals surface area contributed by atoms with Crippen molar-refractivity contribution in [3.63, 3.8) is 0 Å². The Labute approximate surface area is 209 Å². The van der Waals surface area contributed by atoms with Crippen molar-refractivity contribution in [3.8, 4) is 5.75 Å². The molecule has 3 aromatic rings. The topological polar surface area (TPSA) is 45.7 Å². The van der Waals surface area contributed by atoms with Crippen molar-refractivity contribution < 1.29 is 9.53 Å². The molecule has 2 aliphatic rings. The number of para-hydroxylation sites is 2. The van der Waals surface area contributed by atoms with Crippen LogP contribution in [0.4, 0.5) is 0 Å². The van der Waals surface area contributed by atoms with Crippen molar-refractivity contribution in [1.29, 1.82) is 0 Å². The average Bonchev–Trinajstić information content (AvgIpc) is 2.89. The maximum Gasteiger partial charge on any atom is 0.255 e. The fourth-order valence-corrected chi connectivity index (χ4v) is 5.51. The number of pyridine rings is 1. The lowest BCUT2D eigenvalue weighted by Gasteiger charge is -2.47. The number of benzene rings is 2. The number of hydrogen-bond acceptors (Lipinski definition) is 4. The second-order valence-corrected chi connectivity index (χ2v) is 10.8. The van der Waals surface area contributed by atoms with Gasteiger partial charge in [-0.25, -0.2) is 0 Å². The van der Waals surface area contributed by atoms with Gasteiger partial charge in [0.1, 0.15) is 5.75 Å². The van der Waals surface area contributed by atoms with Crippen LogP contribution >= 0.6 is 0 Å². The van der Waals surface area contributed by atoms with E-state index in [1.165, 1.54) is 18.4 Å². The summed E-state index contributed by atoms with van der Waals surface area (Å²) in [7, 11) is 0. The van der Waals surface area contributed by atoms with Gasteiger partial charge in [-0.2, -0.15) is 0 Å². The molecule has 2 aromatic carbocycles. The molecule has 184 valence electrons. The maximum atomic E-state index is 13.2. The molecule has 2 saturated heterocycles. The number of hydrogen-bond donors (Lipinski definition) is 0. The molecule has 5 rings (SSSR count). The molecule has 2 aliphatic heterocycles. The van der Waals surface area contributed by atoms with Gasteiger partial charge >= 0.3 is 0 Å². The summed E-state index contributed by atoms with van der Waals surface area (Å²) in [6.45, 7) is 9.99. The Kier molecular flexibility index (Phi) is 7.05. The summed E-state index contributed by atoms with van der Waals surface area (Å²) in [6, 6.07) is 18.4. The third-order valence-corrected chi connectivity index (χ3v) is 7.80. The SMILES string of the molecule is CC(C)COc1ccccc1CN1CCC2(CC1)CCN(C(=O)c1cnc3ccccc3c1)CC2. The fraction of sp³-hybridized carbons (Fsp3) is 0.467. The second-order valence-electron chi connectivity index (χ2n) is 10.8. The lowest BCUT2D eigenvalue weighted by molar-refractivity contribution is 0.0283. The van der Waals surface area contributed by atoms with Crippen LogP contribution in [0.2, 0.25) is 0 Å². The third-order valence-electron chi connectivity index (χ3n) is 7.80. The minimum absolute atomic E-state index is 0.119. The van der Waals surface area contributed by atoms with E-state index in [0.717, 1.165) is 68.8 Å². The molecular weight excluding hydrogens is 434 g/mol. The van der Waals surface area contributed by atoms with Crippen LogP contribution in [0, 0.1) is 11.3 Å². The van der Waals surface area contributed by atoms with Gasteiger partial charge in [0.05, 0.1) is 17.7 Å². The van der Waals surface area contributed by atoms with Crippen molar-refractivity contribution in [3.05, 3.63) is 71.9 Å². The Balaban J connectivity index is 1.15. The first-order chi connectivity index (χ1) is 17.0. The van der Waals surface area contributed by atoms with Crippen LogP contribution in [0.5, 0.6) is 5.75 Å². The van der Waals surface area contributed by atoms with Gasteiger partial charge in [0, 0.05) is 36.8 Å². The number of fused-ring (bicyclic) bond motifs is 1. The van der Waals surface area contributed by atoms with Crippen molar-refractivity contribution in [2.24, 2.45) is 11.3 Å². The van der Waals surface area contributed by atoms with Gasteiger partial charge in [-0.15, -0.1) is 0 Å². The fourth-order valence-electron chi connectivity index (χ4n) is 5.51. The van der Waals surface area contributed by atoms with Crippen molar-refractivity contribution in [2.45, 2.75) is 46.1 Å². The van der Waals surface area contributed by atoms with Gasteiger partial charge < -0.3 is 9.64 Å². The molecule has 5 heteroatoms. The quantitative estimate of drug-likeness (QED) is 0.457. The lowest BCUT2D eigenvalue weighted by Crippen LogP contribution is -2.48. The van der Waals surface area contributed by atoms with E-state index in [-0.39, 0.29) is 5.91 Å². The molecule has 0 saturated carbocycles. The van der Waals surface area contributed by atoms with Crippen LogP contribution in [0.25, 0.3) is 10.9 Å². The number of carbonyl (C=O) groups is 1. The molecule has 5 nitrogen and oxygen atoms in total. The Morgan fingerprint density at radius 2 is 1.66 bits per heavy atom. The second kappa shape index (κ2) is 10.4. The summed E-state index contributed by atoms with van der Waals surface area (Å²) in [4.78, 5) is 22.3. The molecule has 2 fully saturated rings. The highest BCUT2D eigenvalue weighted by molar-refractivity contribution is 5.97. The molecule has 0 N–H and O–H groups in total. The first-order valence-corrected chi connectivity index (χ1v) is 13.1. The zero-order valence-corrected chi connectivity index (χ0v) is 21.1. The molecule has 0 aliphatic carbocycles. The zero-order valence-electron chi connectivity index (χ0n) is 21.1. The molecule has 0 radical (unpaired) electrons. The summed E-state index contributed by atoms with van der Waals surface area (Å²) in [5.74, 6) is 1.66. The number of likely N-dealkylation sites (tertiary alicyclic amines) is 2. The largest absolute Gasteiger partial charge is 0.493 e. The molecule has 3 heterocycles. The number of carbonyl (C=O) groups excluding carboxylic acids is 1. The van der Waals surface area contributed by atoms with Gasteiger partial charge in [-0.05, 0) is 68.3 Å². The summed E-state index contributed by atoms with van der Waals surface area (Å²) in [5.41, 5.74) is 3.30. The Hall–Kier alpha value is -2.92. The molecule has 35 heavy (non-hydrogen) atoms. The van der Waals surface area contributed by atoms with E-state index in [2.05, 4.69) is 48.0 Å². The van der Waals surface area contributed by atoms with E-state index in [1.807, 2.05) is 35.2 Å². The van der Waals surface area contributed by atoms with Crippen molar-refractivity contribution >= 4 is 16.8 Å². The van der Waals surface area contributed by atoms with Gasteiger partial charge in [-0.3, -0.25) is 14.7 Å². The van der Waals surface area contributed by atoms with Crippen molar-refractivity contribution in [1.82, 2.24) is 14.8 Å². The summed E-state index contributed by atoms with van der Waals surface area (Å²) in [6.07, 6.45) is 6.35. The van der Waals surface area contributed by atoms with Crippen LogP contribution in [0.15, 0.2) is 60.8 Å². The Bertz CT molecular complexity index is 1160. The van der Waals surface area contributed by atoms with E-state index in [4.69, 9.17) is 4.74 Å². The molecule has 0 unspecified atom stereocenters. The standard InChI is InChI=1S/C30H37N3O2/c1-23(2)22-35-28-10-6-4-8-25(28)21-32-15-11-30(12-16-32)13-17-33(18-14-30)29(34)26-19-24-7-3-5-9-27(24)31-20-26/h3-10,19-20,23H,11-18,21-22H2,1-2H3. The number of rotatable bonds is 6. The predicted octanol–water partition coefficient (Wildman–Crippen LogP) is 5.79. The lowest BCUT2D eigenvalue weighted by atomic mass is 9.71. The number of aromatic nitrogens is 1. The molecule has 1 amide bonds. The van der Waals surface area contributed by atoms with Gasteiger partial charge in [-0.1, -0.05) is 50.2 Å². The minimum atomic E-state index is 0.119. The van der Waals surface area contributed by atoms with E-state index in [9.17, 15) is 4.79 Å². The Morgan fingerprint density at radius 3 is 2.43 bits per heavy atom. The van der Waals surface area contributed by atoms with Crippen molar-refractivity contribution in [2.75, 3.05) is 32.8 Å². The number of nitrogens with zero attached hydrogens (tertiary/aromatic N) is 3. The Morgan fingerprint density at radius 1 is 0.971 bits per heavy atom. The zero-order chi connectivity index (χ0) is 24.3. The molecular formula is C30H37N3O2. The van der Waals surface area contributed by atoms with Crippen LogP contribution < -0.4 is 4.74 Å². The van der Waals surface area contributed by atoms with Gasteiger partial charge in [0.2, 0.25) is 0 Å². The third kappa shape index (κ3) is 5.51. The van der Waals surface area contributed by atoms with Crippen LogP contribution in [0.1, 0.15) is 55.5 Å². The normalized spacial score (nSPS) is 18.3. The van der Waals surface area contributed by atoms with Gasteiger partial charge in [0.25, 0.3) is 5.91 Å². The highest BCUT2D eigenvalue weighted by Gasteiger charge is 2.38. The molecule has 1 spiro atoms.